The lowest BCUT2D eigenvalue weighted by Crippen LogP contribution is -2.31. The number of aromatic nitrogens is 1. The van der Waals surface area contributed by atoms with Crippen LogP contribution in [0.15, 0.2) is 5.38 Å². The molecule has 114 valence electrons. The van der Waals surface area contributed by atoms with Crippen molar-refractivity contribution in [3.8, 4) is 0 Å². The first-order valence-electron chi connectivity index (χ1n) is 6.25. The van der Waals surface area contributed by atoms with E-state index in [0.29, 0.717) is 17.4 Å². The maximum absolute atomic E-state index is 12.2. The normalized spacial score (nSPS) is 13.3. The van der Waals surface area contributed by atoms with Crippen molar-refractivity contribution >= 4 is 22.4 Å². The second kappa shape index (κ2) is 7.03. The molecule has 1 amide bonds. The molecule has 0 saturated carbocycles. The summed E-state index contributed by atoms with van der Waals surface area (Å²) >= 11 is 1.31. The molecular weight excluding hydrogens is 291 g/mol. The molecule has 1 aromatic rings. The molecule has 1 heterocycles. The number of nitrogens with one attached hydrogen (secondary N) is 1. The van der Waals surface area contributed by atoms with Gasteiger partial charge < -0.3 is 5.32 Å². The van der Waals surface area contributed by atoms with E-state index in [-0.39, 0.29) is 12.5 Å². The van der Waals surface area contributed by atoms with Crippen LogP contribution >= 0.6 is 11.3 Å². The summed E-state index contributed by atoms with van der Waals surface area (Å²) in [4.78, 5) is 17.1. The fourth-order valence-electron chi connectivity index (χ4n) is 1.69. The number of amides is 1. The number of rotatable bonds is 6. The van der Waals surface area contributed by atoms with E-state index in [4.69, 9.17) is 0 Å². The summed E-state index contributed by atoms with van der Waals surface area (Å²) in [6, 6.07) is -0.671. The van der Waals surface area contributed by atoms with Crippen LogP contribution in [-0.2, 0) is 11.3 Å². The first-order chi connectivity index (χ1) is 9.23. The molecule has 0 bridgehead atoms. The Bertz CT molecular complexity index is 447. The van der Waals surface area contributed by atoms with Crippen molar-refractivity contribution < 1.29 is 18.0 Å². The average Bonchev–Trinajstić information content (AvgIpc) is 2.73. The topological polar surface area (TPSA) is 45.2 Å². The maximum atomic E-state index is 12.2. The fourth-order valence-corrected chi connectivity index (χ4v) is 2.62. The molecule has 1 aromatic heterocycles. The van der Waals surface area contributed by atoms with Gasteiger partial charge in [0.1, 0.15) is 0 Å². The molecule has 8 heteroatoms. The van der Waals surface area contributed by atoms with Gasteiger partial charge in [0.05, 0.1) is 12.1 Å². The zero-order valence-corrected chi connectivity index (χ0v) is 12.4. The SMILES string of the molecule is CCN(C(C)=O)c1nc(CNC(C)CC(F)(F)F)cs1. The van der Waals surface area contributed by atoms with Gasteiger partial charge in [-0.15, -0.1) is 11.3 Å². The average molecular weight is 309 g/mol. The zero-order valence-electron chi connectivity index (χ0n) is 11.6. The standard InChI is InChI=1S/C12H18F3N3OS/c1-4-18(9(3)19)11-17-10(7-20-11)6-16-8(2)5-12(13,14)15/h7-8,16H,4-6H2,1-3H3. The van der Waals surface area contributed by atoms with E-state index in [9.17, 15) is 18.0 Å². The number of carbonyl (C=O) groups excluding carboxylic acids is 1. The Morgan fingerprint density at radius 1 is 1.55 bits per heavy atom. The van der Waals surface area contributed by atoms with Gasteiger partial charge in [0.2, 0.25) is 5.91 Å². The summed E-state index contributed by atoms with van der Waals surface area (Å²) in [7, 11) is 0. The predicted octanol–water partition coefficient (Wildman–Crippen LogP) is 2.95. The molecule has 1 rings (SSSR count). The smallest absolute Gasteiger partial charge is 0.308 e. The Labute approximate surface area is 120 Å². The monoisotopic (exact) mass is 309 g/mol. The molecule has 0 fully saturated rings. The number of alkyl halides is 3. The Hall–Kier alpha value is -1.15. The van der Waals surface area contributed by atoms with E-state index in [1.165, 1.54) is 30.1 Å². The Morgan fingerprint density at radius 3 is 2.70 bits per heavy atom. The minimum atomic E-state index is -4.17. The van der Waals surface area contributed by atoms with Crippen LogP contribution < -0.4 is 10.2 Å². The van der Waals surface area contributed by atoms with Crippen molar-refractivity contribution in [1.82, 2.24) is 10.3 Å². The molecule has 0 spiro atoms. The molecule has 20 heavy (non-hydrogen) atoms. The van der Waals surface area contributed by atoms with Gasteiger partial charge >= 0.3 is 6.18 Å². The molecule has 1 N–H and O–H groups in total. The first kappa shape index (κ1) is 16.9. The van der Waals surface area contributed by atoms with Crippen LogP contribution in [0.1, 0.15) is 32.9 Å². The molecule has 1 atom stereocenters. The molecule has 4 nitrogen and oxygen atoms in total. The lowest BCUT2D eigenvalue weighted by atomic mass is 10.2. The van der Waals surface area contributed by atoms with E-state index in [1.54, 1.807) is 5.38 Å². The predicted molar refractivity (Wildman–Crippen MR) is 72.8 cm³/mol. The molecule has 0 saturated heterocycles. The second-order valence-corrected chi connectivity index (χ2v) is 5.32. The zero-order chi connectivity index (χ0) is 15.3. The van der Waals surface area contributed by atoms with Crippen LogP contribution in [0.4, 0.5) is 18.3 Å². The highest BCUT2D eigenvalue weighted by molar-refractivity contribution is 7.14. The number of hydrogen-bond acceptors (Lipinski definition) is 4. The fraction of sp³-hybridized carbons (Fsp3) is 0.667. The van der Waals surface area contributed by atoms with Crippen molar-refractivity contribution in [3.63, 3.8) is 0 Å². The third kappa shape index (κ3) is 5.46. The third-order valence-electron chi connectivity index (χ3n) is 2.64. The summed E-state index contributed by atoms with van der Waals surface area (Å²) in [5, 5.41) is 5.09. The molecule has 0 radical (unpaired) electrons. The van der Waals surface area contributed by atoms with E-state index >= 15 is 0 Å². The van der Waals surface area contributed by atoms with Gasteiger partial charge in [-0.3, -0.25) is 9.69 Å². The first-order valence-corrected chi connectivity index (χ1v) is 7.13. The number of nitrogens with zero attached hydrogens (tertiary/aromatic N) is 2. The van der Waals surface area contributed by atoms with Gasteiger partial charge in [0.25, 0.3) is 0 Å². The van der Waals surface area contributed by atoms with E-state index < -0.39 is 18.6 Å². The second-order valence-electron chi connectivity index (χ2n) is 4.49. The molecule has 0 aromatic carbocycles. The van der Waals surface area contributed by atoms with Crippen LogP contribution in [0.2, 0.25) is 0 Å². The van der Waals surface area contributed by atoms with Gasteiger partial charge in [-0.05, 0) is 13.8 Å². The summed E-state index contributed by atoms with van der Waals surface area (Å²) in [5.41, 5.74) is 0.638. The van der Waals surface area contributed by atoms with Crippen LogP contribution in [0.25, 0.3) is 0 Å². The third-order valence-corrected chi connectivity index (χ3v) is 3.55. The van der Waals surface area contributed by atoms with Gasteiger partial charge in [0, 0.05) is 31.4 Å². The number of hydrogen-bond donors (Lipinski definition) is 1. The number of carbonyl (C=O) groups is 1. The van der Waals surface area contributed by atoms with Crippen LogP contribution in [0.3, 0.4) is 0 Å². The largest absolute Gasteiger partial charge is 0.390 e. The van der Waals surface area contributed by atoms with E-state index in [0.717, 1.165) is 0 Å². The molecule has 0 aliphatic heterocycles. The number of thiazole rings is 1. The lowest BCUT2D eigenvalue weighted by molar-refractivity contribution is -0.139. The number of halogens is 3. The minimum absolute atomic E-state index is 0.105. The van der Waals surface area contributed by atoms with Gasteiger partial charge in [-0.1, -0.05) is 0 Å². The van der Waals surface area contributed by atoms with Crippen molar-refractivity contribution in [1.29, 1.82) is 0 Å². The maximum Gasteiger partial charge on any atom is 0.390 e. The molecule has 0 aliphatic rings. The molecule has 1 unspecified atom stereocenters. The summed E-state index contributed by atoms with van der Waals surface area (Å²) in [6.45, 7) is 5.54. The van der Waals surface area contributed by atoms with Crippen LogP contribution in [0.5, 0.6) is 0 Å². The minimum Gasteiger partial charge on any atom is -0.308 e. The molecular formula is C12H18F3N3OS. The summed E-state index contributed by atoms with van der Waals surface area (Å²) in [5.74, 6) is -0.105. The van der Waals surface area contributed by atoms with Crippen molar-refractivity contribution in [3.05, 3.63) is 11.1 Å². The molecule has 0 aliphatic carbocycles. The highest BCUT2D eigenvalue weighted by Crippen LogP contribution is 2.23. The Kier molecular flexibility index (Phi) is 5.94. The van der Waals surface area contributed by atoms with Crippen molar-refractivity contribution in [2.75, 3.05) is 11.4 Å². The lowest BCUT2D eigenvalue weighted by Gasteiger charge is -2.15. The van der Waals surface area contributed by atoms with Crippen molar-refractivity contribution in [2.45, 2.75) is 46.0 Å². The van der Waals surface area contributed by atoms with Gasteiger partial charge in [-0.25, -0.2) is 4.98 Å². The highest BCUT2D eigenvalue weighted by Gasteiger charge is 2.29. The quantitative estimate of drug-likeness (QED) is 0.879. The van der Waals surface area contributed by atoms with Crippen LogP contribution in [-0.4, -0.2) is 29.7 Å². The summed E-state index contributed by atoms with van der Waals surface area (Å²) in [6.07, 6.45) is -5.05. The Balaban J connectivity index is 2.54. The Morgan fingerprint density at radius 2 is 2.20 bits per heavy atom. The van der Waals surface area contributed by atoms with Crippen LogP contribution in [0, 0.1) is 0 Å². The number of anilines is 1. The van der Waals surface area contributed by atoms with E-state index in [1.807, 2.05) is 6.92 Å². The van der Waals surface area contributed by atoms with E-state index in [2.05, 4.69) is 10.3 Å². The highest BCUT2D eigenvalue weighted by atomic mass is 32.1. The van der Waals surface area contributed by atoms with Gasteiger partial charge in [-0.2, -0.15) is 13.2 Å². The van der Waals surface area contributed by atoms with Crippen molar-refractivity contribution in [2.24, 2.45) is 0 Å². The summed E-state index contributed by atoms with van der Waals surface area (Å²) < 4.78 is 36.5. The van der Waals surface area contributed by atoms with Gasteiger partial charge in [0.15, 0.2) is 5.13 Å².